The highest BCUT2D eigenvalue weighted by molar-refractivity contribution is 5.93. The Labute approximate surface area is 176 Å². The molecule has 2 N–H and O–H groups in total. The van der Waals surface area contributed by atoms with Crippen LogP contribution in [0.4, 0.5) is 0 Å². The molecule has 4 rings (SSSR count). The Bertz CT molecular complexity index is 1080. The highest BCUT2D eigenvalue weighted by atomic mass is 16.2. The molecule has 1 aliphatic rings. The molecule has 1 atom stereocenters. The molecule has 2 heterocycles. The molecule has 3 aromatic rings. The number of carbonyl (C=O) groups excluding carboxylic acids is 1. The molecule has 0 aliphatic carbocycles. The van der Waals surface area contributed by atoms with Crippen LogP contribution >= 0.6 is 0 Å². The quantitative estimate of drug-likeness (QED) is 0.727. The standard InChI is InChI=1S/C24H25N5O/c1-17-4-10-21(11-5-17)29-23(20-8-6-18(14-25)7-9-20)13-22(27-29)24(30)28-12-2-3-19(15-26)16-28/h4-11,13,19H,2-3,12,15-16,26H2,1H3. The zero-order valence-corrected chi connectivity index (χ0v) is 17.1. The number of hydrogen-bond acceptors (Lipinski definition) is 4. The van der Waals surface area contributed by atoms with E-state index in [1.807, 2.05) is 54.3 Å². The van der Waals surface area contributed by atoms with Crippen LogP contribution in [0, 0.1) is 24.2 Å². The summed E-state index contributed by atoms with van der Waals surface area (Å²) >= 11 is 0. The number of carbonyl (C=O) groups is 1. The van der Waals surface area contributed by atoms with E-state index in [0.29, 0.717) is 30.3 Å². The van der Waals surface area contributed by atoms with E-state index in [1.165, 1.54) is 0 Å². The molecule has 1 aromatic heterocycles. The minimum Gasteiger partial charge on any atom is -0.337 e. The number of amides is 1. The van der Waals surface area contributed by atoms with Gasteiger partial charge in [0, 0.05) is 18.7 Å². The summed E-state index contributed by atoms with van der Waals surface area (Å²) < 4.78 is 1.80. The molecule has 6 heteroatoms. The van der Waals surface area contributed by atoms with E-state index in [-0.39, 0.29) is 5.91 Å². The van der Waals surface area contributed by atoms with Crippen LogP contribution in [0.1, 0.15) is 34.5 Å². The van der Waals surface area contributed by atoms with Gasteiger partial charge in [-0.2, -0.15) is 10.4 Å². The van der Waals surface area contributed by atoms with Crippen molar-refractivity contribution in [2.45, 2.75) is 19.8 Å². The molecule has 1 unspecified atom stereocenters. The Balaban J connectivity index is 1.74. The monoisotopic (exact) mass is 399 g/mol. The van der Waals surface area contributed by atoms with Crippen molar-refractivity contribution in [3.8, 4) is 23.0 Å². The maximum atomic E-state index is 13.2. The van der Waals surface area contributed by atoms with Gasteiger partial charge in [-0.1, -0.05) is 29.8 Å². The third-order valence-corrected chi connectivity index (χ3v) is 5.66. The Hall–Kier alpha value is -3.43. The lowest BCUT2D eigenvalue weighted by atomic mass is 9.98. The number of aryl methyl sites for hydroxylation is 1. The molecule has 1 fully saturated rings. The number of likely N-dealkylation sites (tertiary alicyclic amines) is 1. The summed E-state index contributed by atoms with van der Waals surface area (Å²) in [4.78, 5) is 15.1. The molecule has 2 aromatic carbocycles. The van der Waals surface area contributed by atoms with Crippen LogP contribution in [0.5, 0.6) is 0 Å². The van der Waals surface area contributed by atoms with E-state index in [1.54, 1.807) is 16.8 Å². The average molecular weight is 399 g/mol. The molecular formula is C24H25N5O. The fourth-order valence-electron chi connectivity index (χ4n) is 3.89. The molecule has 0 saturated carbocycles. The predicted octanol–water partition coefficient (Wildman–Crippen LogP) is 3.53. The van der Waals surface area contributed by atoms with Gasteiger partial charge in [0.1, 0.15) is 0 Å². The largest absolute Gasteiger partial charge is 0.337 e. The third-order valence-electron chi connectivity index (χ3n) is 5.66. The van der Waals surface area contributed by atoms with Crippen molar-refractivity contribution in [1.82, 2.24) is 14.7 Å². The highest BCUT2D eigenvalue weighted by Crippen LogP contribution is 2.26. The van der Waals surface area contributed by atoms with Crippen LogP contribution in [0.3, 0.4) is 0 Å². The van der Waals surface area contributed by atoms with Crippen molar-refractivity contribution >= 4 is 5.91 Å². The number of rotatable bonds is 4. The summed E-state index contributed by atoms with van der Waals surface area (Å²) in [7, 11) is 0. The second-order valence-corrected chi connectivity index (χ2v) is 7.85. The summed E-state index contributed by atoms with van der Waals surface area (Å²) in [5.74, 6) is 0.286. The lowest BCUT2D eigenvalue weighted by Crippen LogP contribution is -2.42. The summed E-state index contributed by atoms with van der Waals surface area (Å²) in [5.41, 5.74) is 10.6. The normalized spacial score (nSPS) is 16.3. The van der Waals surface area contributed by atoms with Crippen LogP contribution in [0.25, 0.3) is 16.9 Å². The fraction of sp³-hybridized carbons (Fsp3) is 0.292. The summed E-state index contributed by atoms with van der Waals surface area (Å²) in [6, 6.07) is 19.4. The zero-order valence-electron chi connectivity index (χ0n) is 17.1. The van der Waals surface area contributed by atoms with Crippen molar-refractivity contribution in [3.05, 3.63) is 71.4 Å². The summed E-state index contributed by atoms with van der Waals surface area (Å²) in [5, 5.41) is 13.8. The number of benzene rings is 2. The van der Waals surface area contributed by atoms with Crippen LogP contribution < -0.4 is 5.73 Å². The Morgan fingerprint density at radius 2 is 1.93 bits per heavy atom. The van der Waals surface area contributed by atoms with Gasteiger partial charge in [-0.05, 0) is 62.6 Å². The first kappa shape index (κ1) is 19.9. The van der Waals surface area contributed by atoms with Gasteiger partial charge >= 0.3 is 0 Å². The Morgan fingerprint density at radius 1 is 1.20 bits per heavy atom. The van der Waals surface area contributed by atoms with Crippen LogP contribution in [0.15, 0.2) is 54.6 Å². The number of nitrogens with two attached hydrogens (primary N) is 1. The molecular weight excluding hydrogens is 374 g/mol. The first-order valence-electron chi connectivity index (χ1n) is 10.3. The number of nitriles is 1. The lowest BCUT2D eigenvalue weighted by molar-refractivity contribution is 0.0671. The van der Waals surface area contributed by atoms with Crippen molar-refractivity contribution in [3.63, 3.8) is 0 Å². The molecule has 1 aliphatic heterocycles. The number of nitrogens with zero attached hydrogens (tertiary/aromatic N) is 4. The second kappa shape index (κ2) is 8.52. The maximum absolute atomic E-state index is 13.2. The molecule has 1 saturated heterocycles. The van der Waals surface area contributed by atoms with E-state index in [4.69, 9.17) is 11.0 Å². The topological polar surface area (TPSA) is 87.9 Å². The molecule has 152 valence electrons. The first-order valence-corrected chi connectivity index (χ1v) is 10.3. The molecule has 30 heavy (non-hydrogen) atoms. The van der Waals surface area contributed by atoms with E-state index in [2.05, 4.69) is 11.2 Å². The smallest absolute Gasteiger partial charge is 0.274 e. The van der Waals surface area contributed by atoms with Gasteiger partial charge < -0.3 is 10.6 Å². The predicted molar refractivity (Wildman–Crippen MR) is 116 cm³/mol. The van der Waals surface area contributed by atoms with Crippen LogP contribution in [-0.2, 0) is 0 Å². The second-order valence-electron chi connectivity index (χ2n) is 7.85. The minimum absolute atomic E-state index is 0.0612. The molecule has 6 nitrogen and oxygen atoms in total. The summed E-state index contributed by atoms with van der Waals surface area (Å²) in [6.07, 6.45) is 2.03. The van der Waals surface area contributed by atoms with Crippen LogP contribution in [-0.4, -0.2) is 40.2 Å². The minimum atomic E-state index is -0.0612. The van der Waals surface area contributed by atoms with Gasteiger partial charge in [0.15, 0.2) is 5.69 Å². The van der Waals surface area contributed by atoms with Gasteiger partial charge in [-0.15, -0.1) is 0 Å². The molecule has 0 spiro atoms. The molecule has 1 amide bonds. The SMILES string of the molecule is Cc1ccc(-n2nc(C(=O)N3CCCC(CN)C3)cc2-c2ccc(C#N)cc2)cc1. The zero-order chi connectivity index (χ0) is 21.1. The first-order chi connectivity index (χ1) is 14.6. The number of aromatic nitrogens is 2. The van der Waals surface area contributed by atoms with Crippen molar-refractivity contribution in [1.29, 1.82) is 5.26 Å². The van der Waals surface area contributed by atoms with Crippen LogP contribution in [0.2, 0.25) is 0 Å². The average Bonchev–Trinajstić information content (AvgIpc) is 3.24. The van der Waals surface area contributed by atoms with E-state index in [0.717, 1.165) is 41.9 Å². The van der Waals surface area contributed by atoms with E-state index >= 15 is 0 Å². The van der Waals surface area contributed by atoms with Gasteiger partial charge in [-0.3, -0.25) is 4.79 Å². The lowest BCUT2D eigenvalue weighted by Gasteiger charge is -2.31. The van der Waals surface area contributed by atoms with Gasteiger partial charge in [0.25, 0.3) is 5.91 Å². The van der Waals surface area contributed by atoms with Crippen molar-refractivity contribution < 1.29 is 4.79 Å². The van der Waals surface area contributed by atoms with Crippen molar-refractivity contribution in [2.75, 3.05) is 19.6 Å². The third kappa shape index (κ3) is 3.98. The summed E-state index contributed by atoms with van der Waals surface area (Å²) in [6.45, 7) is 4.05. The van der Waals surface area contributed by atoms with E-state index in [9.17, 15) is 4.79 Å². The number of hydrogen-bond donors (Lipinski definition) is 1. The van der Waals surface area contributed by atoms with Gasteiger partial charge in [-0.25, -0.2) is 4.68 Å². The Kier molecular flexibility index (Phi) is 5.64. The fourth-order valence-corrected chi connectivity index (χ4v) is 3.89. The van der Waals surface area contributed by atoms with Gasteiger partial charge in [0.05, 0.1) is 23.0 Å². The highest BCUT2D eigenvalue weighted by Gasteiger charge is 2.26. The van der Waals surface area contributed by atoms with E-state index < -0.39 is 0 Å². The van der Waals surface area contributed by atoms with Gasteiger partial charge in [0.2, 0.25) is 0 Å². The Morgan fingerprint density at radius 3 is 2.60 bits per heavy atom. The molecule has 0 radical (unpaired) electrons. The number of piperidine rings is 1. The molecule has 0 bridgehead atoms. The maximum Gasteiger partial charge on any atom is 0.274 e. The van der Waals surface area contributed by atoms with Crippen molar-refractivity contribution in [2.24, 2.45) is 11.7 Å².